The standard InChI is InChI=1S/C16H27N5O/c1-11-4-3-5-14(12(11)2)18-16(22)15-10-21(20-19-15)13-6-8-17-9-7-13/h10-14,17H,3-9H2,1-2H3,(H,18,22). The van der Waals surface area contributed by atoms with Gasteiger partial charge in [0.1, 0.15) is 0 Å². The number of hydrogen-bond acceptors (Lipinski definition) is 4. The van der Waals surface area contributed by atoms with Crippen LogP contribution in [0.15, 0.2) is 6.20 Å². The van der Waals surface area contributed by atoms with Crippen molar-refractivity contribution in [2.24, 2.45) is 11.8 Å². The summed E-state index contributed by atoms with van der Waals surface area (Å²) in [4.78, 5) is 12.4. The van der Waals surface area contributed by atoms with Crippen LogP contribution in [0.1, 0.15) is 62.5 Å². The number of carbonyl (C=O) groups is 1. The predicted octanol–water partition coefficient (Wildman–Crippen LogP) is 1.76. The third-order valence-electron chi connectivity index (χ3n) is 5.45. The number of rotatable bonds is 3. The summed E-state index contributed by atoms with van der Waals surface area (Å²) < 4.78 is 1.86. The number of carbonyl (C=O) groups excluding carboxylic acids is 1. The van der Waals surface area contributed by atoms with E-state index >= 15 is 0 Å². The highest BCUT2D eigenvalue weighted by Gasteiger charge is 2.29. The van der Waals surface area contributed by atoms with E-state index in [0.717, 1.165) is 32.4 Å². The zero-order chi connectivity index (χ0) is 15.5. The topological polar surface area (TPSA) is 71.8 Å². The molecule has 0 radical (unpaired) electrons. The summed E-state index contributed by atoms with van der Waals surface area (Å²) in [6.07, 6.45) is 7.42. The van der Waals surface area contributed by atoms with E-state index in [2.05, 4.69) is 34.8 Å². The van der Waals surface area contributed by atoms with Crippen molar-refractivity contribution < 1.29 is 4.79 Å². The molecule has 3 unspecified atom stereocenters. The minimum atomic E-state index is -0.0777. The first-order valence-corrected chi connectivity index (χ1v) is 8.58. The van der Waals surface area contributed by atoms with Crippen LogP contribution in [0, 0.1) is 11.8 Å². The van der Waals surface area contributed by atoms with E-state index in [1.807, 2.05) is 10.9 Å². The molecule has 0 spiro atoms. The number of nitrogens with zero attached hydrogens (tertiary/aromatic N) is 3. The van der Waals surface area contributed by atoms with E-state index in [9.17, 15) is 4.79 Å². The molecule has 2 heterocycles. The lowest BCUT2D eigenvalue weighted by Gasteiger charge is -2.34. The molecule has 6 heteroatoms. The van der Waals surface area contributed by atoms with Gasteiger partial charge in [0.15, 0.2) is 5.69 Å². The van der Waals surface area contributed by atoms with Gasteiger partial charge in [-0.1, -0.05) is 31.9 Å². The summed E-state index contributed by atoms with van der Waals surface area (Å²) in [7, 11) is 0. The average molecular weight is 305 g/mol. The largest absolute Gasteiger partial charge is 0.348 e. The third kappa shape index (κ3) is 3.32. The fraction of sp³-hybridized carbons (Fsp3) is 0.812. The van der Waals surface area contributed by atoms with Crippen molar-refractivity contribution in [2.45, 2.75) is 58.0 Å². The van der Waals surface area contributed by atoms with Gasteiger partial charge in [-0.15, -0.1) is 5.10 Å². The molecular weight excluding hydrogens is 278 g/mol. The zero-order valence-corrected chi connectivity index (χ0v) is 13.6. The van der Waals surface area contributed by atoms with Crippen LogP contribution in [0.25, 0.3) is 0 Å². The van der Waals surface area contributed by atoms with Crippen molar-refractivity contribution in [3.8, 4) is 0 Å². The van der Waals surface area contributed by atoms with Gasteiger partial charge in [0.05, 0.1) is 12.2 Å². The van der Waals surface area contributed by atoms with Crippen LogP contribution in [0.2, 0.25) is 0 Å². The van der Waals surface area contributed by atoms with Crippen LogP contribution in [-0.2, 0) is 0 Å². The second-order valence-electron chi connectivity index (χ2n) is 6.91. The Bertz CT molecular complexity index is 508. The summed E-state index contributed by atoms with van der Waals surface area (Å²) in [6, 6.07) is 0.629. The van der Waals surface area contributed by atoms with Crippen molar-refractivity contribution >= 4 is 5.91 Å². The lowest BCUT2D eigenvalue weighted by molar-refractivity contribution is 0.0886. The van der Waals surface area contributed by atoms with Crippen molar-refractivity contribution in [3.05, 3.63) is 11.9 Å². The van der Waals surface area contributed by atoms with Crippen molar-refractivity contribution in [1.82, 2.24) is 25.6 Å². The second kappa shape index (κ2) is 6.77. The summed E-state index contributed by atoms with van der Waals surface area (Å²) in [5.74, 6) is 1.12. The summed E-state index contributed by atoms with van der Waals surface area (Å²) in [5, 5.41) is 14.7. The molecule has 2 aliphatic rings. The van der Waals surface area contributed by atoms with Crippen LogP contribution < -0.4 is 10.6 Å². The van der Waals surface area contributed by atoms with Gasteiger partial charge < -0.3 is 10.6 Å². The van der Waals surface area contributed by atoms with Gasteiger partial charge in [-0.3, -0.25) is 4.79 Å². The first-order chi connectivity index (χ1) is 10.6. The quantitative estimate of drug-likeness (QED) is 0.892. The Morgan fingerprint density at radius 1 is 1.27 bits per heavy atom. The van der Waals surface area contributed by atoms with Gasteiger partial charge in [0, 0.05) is 6.04 Å². The first-order valence-electron chi connectivity index (χ1n) is 8.58. The molecule has 2 fully saturated rings. The van der Waals surface area contributed by atoms with E-state index < -0.39 is 0 Å². The van der Waals surface area contributed by atoms with E-state index in [1.54, 1.807) is 0 Å². The van der Waals surface area contributed by atoms with Crippen LogP contribution in [-0.4, -0.2) is 40.0 Å². The predicted molar refractivity (Wildman–Crippen MR) is 84.6 cm³/mol. The van der Waals surface area contributed by atoms with Crippen LogP contribution in [0.4, 0.5) is 0 Å². The molecule has 22 heavy (non-hydrogen) atoms. The fourth-order valence-electron chi connectivity index (χ4n) is 3.66. The molecule has 1 aliphatic carbocycles. The Balaban J connectivity index is 1.61. The zero-order valence-electron chi connectivity index (χ0n) is 13.6. The van der Waals surface area contributed by atoms with Crippen molar-refractivity contribution in [1.29, 1.82) is 0 Å². The van der Waals surface area contributed by atoms with Crippen LogP contribution in [0.5, 0.6) is 0 Å². The van der Waals surface area contributed by atoms with Crippen molar-refractivity contribution in [2.75, 3.05) is 13.1 Å². The molecule has 1 saturated heterocycles. The second-order valence-corrected chi connectivity index (χ2v) is 6.91. The lowest BCUT2D eigenvalue weighted by Crippen LogP contribution is -2.43. The van der Waals surface area contributed by atoms with E-state index in [1.165, 1.54) is 12.8 Å². The molecule has 122 valence electrons. The van der Waals surface area contributed by atoms with Crippen molar-refractivity contribution in [3.63, 3.8) is 0 Å². The highest BCUT2D eigenvalue weighted by Crippen LogP contribution is 2.29. The summed E-state index contributed by atoms with van der Waals surface area (Å²) in [5.41, 5.74) is 0.448. The Hall–Kier alpha value is -1.43. The molecular formula is C16H27N5O. The molecule has 3 rings (SSSR count). The number of hydrogen-bond donors (Lipinski definition) is 2. The molecule has 3 atom stereocenters. The normalized spacial score (nSPS) is 30.2. The highest BCUT2D eigenvalue weighted by atomic mass is 16.2. The molecule has 6 nitrogen and oxygen atoms in total. The maximum atomic E-state index is 12.4. The Kier molecular flexibility index (Phi) is 4.76. The van der Waals surface area contributed by atoms with Crippen LogP contribution >= 0.6 is 0 Å². The Morgan fingerprint density at radius 2 is 2.05 bits per heavy atom. The molecule has 1 saturated carbocycles. The van der Waals surface area contributed by atoms with Gasteiger partial charge in [0.25, 0.3) is 5.91 Å². The molecule has 1 amide bonds. The van der Waals surface area contributed by atoms with Crippen LogP contribution in [0.3, 0.4) is 0 Å². The van der Waals surface area contributed by atoms with Gasteiger partial charge >= 0.3 is 0 Å². The number of nitrogens with one attached hydrogen (secondary N) is 2. The third-order valence-corrected chi connectivity index (χ3v) is 5.45. The smallest absolute Gasteiger partial charge is 0.273 e. The highest BCUT2D eigenvalue weighted by molar-refractivity contribution is 5.92. The maximum Gasteiger partial charge on any atom is 0.273 e. The molecule has 1 aromatic rings. The van der Waals surface area contributed by atoms with Gasteiger partial charge in [-0.05, 0) is 44.2 Å². The Labute approximate surface area is 132 Å². The molecule has 2 N–H and O–H groups in total. The first kappa shape index (κ1) is 15.5. The molecule has 1 aromatic heterocycles. The minimum absolute atomic E-state index is 0.0777. The number of aromatic nitrogens is 3. The van der Waals surface area contributed by atoms with E-state index in [-0.39, 0.29) is 11.9 Å². The fourth-order valence-corrected chi connectivity index (χ4v) is 3.66. The molecule has 1 aliphatic heterocycles. The lowest BCUT2D eigenvalue weighted by atomic mass is 9.78. The van der Waals surface area contributed by atoms with Gasteiger partial charge in [0.2, 0.25) is 0 Å². The number of piperidine rings is 1. The molecule has 0 aromatic carbocycles. The summed E-state index contributed by atoms with van der Waals surface area (Å²) >= 11 is 0. The van der Waals surface area contributed by atoms with E-state index in [4.69, 9.17) is 0 Å². The average Bonchev–Trinajstić information content (AvgIpc) is 3.03. The van der Waals surface area contributed by atoms with Gasteiger partial charge in [-0.25, -0.2) is 4.68 Å². The van der Waals surface area contributed by atoms with Gasteiger partial charge in [-0.2, -0.15) is 0 Å². The maximum absolute atomic E-state index is 12.4. The minimum Gasteiger partial charge on any atom is -0.348 e. The number of amides is 1. The monoisotopic (exact) mass is 305 g/mol. The Morgan fingerprint density at radius 3 is 2.82 bits per heavy atom. The summed E-state index contributed by atoms with van der Waals surface area (Å²) in [6.45, 7) is 6.52. The SMILES string of the molecule is CC1CCCC(NC(=O)c2cn(C3CCNCC3)nn2)C1C. The molecule has 0 bridgehead atoms. The van der Waals surface area contributed by atoms with E-state index in [0.29, 0.717) is 23.6 Å².